The molecule has 2 unspecified atom stereocenters. The fourth-order valence-corrected chi connectivity index (χ4v) is 8.92. The molecule has 2 atom stereocenters. The zero-order valence-electron chi connectivity index (χ0n) is 25.1. The number of para-hydroxylation sites is 1. The Labute approximate surface area is 265 Å². The van der Waals surface area contributed by atoms with Gasteiger partial charge in [0.1, 0.15) is 10.0 Å². The highest BCUT2D eigenvalue weighted by molar-refractivity contribution is 8.26. The topological polar surface area (TPSA) is 75.5 Å². The SMILES string of the molecule is CCCCCCCN1C(=O)C(=Cc2cn(-c3ccccc3)nc2-c2cccc(S(=O)(=O)N3CC(C)CC(C)C3)c2)SC1=S. The molecule has 2 aliphatic heterocycles. The zero-order chi connectivity index (χ0) is 30.6. The molecule has 0 radical (unpaired) electrons. The maximum Gasteiger partial charge on any atom is 0.266 e. The maximum atomic E-state index is 13.7. The van der Waals surface area contributed by atoms with E-state index in [0.29, 0.717) is 52.0 Å². The number of hydrogen-bond acceptors (Lipinski definition) is 6. The Balaban J connectivity index is 1.48. The molecule has 43 heavy (non-hydrogen) atoms. The third kappa shape index (κ3) is 7.30. The second-order valence-electron chi connectivity index (χ2n) is 11.8. The minimum absolute atomic E-state index is 0.0893. The van der Waals surface area contributed by atoms with E-state index in [1.54, 1.807) is 32.1 Å². The second kappa shape index (κ2) is 13.9. The number of aromatic nitrogens is 2. The molecule has 1 amide bonds. The van der Waals surface area contributed by atoms with Crippen LogP contribution in [0.1, 0.15) is 64.9 Å². The van der Waals surface area contributed by atoms with Crippen molar-refractivity contribution in [3.63, 3.8) is 0 Å². The molecule has 2 aliphatic rings. The molecule has 0 aliphatic carbocycles. The number of benzene rings is 2. The van der Waals surface area contributed by atoms with Crippen LogP contribution in [-0.4, -0.2) is 57.3 Å². The van der Waals surface area contributed by atoms with E-state index in [1.165, 1.54) is 24.6 Å². The predicted octanol–water partition coefficient (Wildman–Crippen LogP) is 7.38. The third-order valence-corrected chi connectivity index (χ3v) is 11.2. The molecule has 3 heterocycles. The smallest absolute Gasteiger partial charge is 0.266 e. The van der Waals surface area contributed by atoms with Gasteiger partial charge in [0.2, 0.25) is 10.0 Å². The van der Waals surface area contributed by atoms with E-state index in [2.05, 4.69) is 20.8 Å². The van der Waals surface area contributed by atoms with Crippen molar-refractivity contribution < 1.29 is 13.2 Å². The molecule has 0 bridgehead atoms. The summed E-state index contributed by atoms with van der Waals surface area (Å²) >= 11 is 6.90. The van der Waals surface area contributed by atoms with Crippen molar-refractivity contribution in [2.45, 2.75) is 64.2 Å². The Bertz CT molecular complexity index is 1590. The van der Waals surface area contributed by atoms with E-state index >= 15 is 0 Å². The number of sulfonamides is 1. The van der Waals surface area contributed by atoms with E-state index in [9.17, 15) is 13.2 Å². The van der Waals surface area contributed by atoms with Crippen LogP contribution < -0.4 is 0 Å². The summed E-state index contributed by atoms with van der Waals surface area (Å²) in [7, 11) is -3.68. The predicted molar refractivity (Wildman–Crippen MR) is 179 cm³/mol. The molecule has 0 N–H and O–H groups in total. The van der Waals surface area contributed by atoms with Gasteiger partial charge in [-0.25, -0.2) is 13.1 Å². The Hall–Kier alpha value is -2.79. The number of thiocarbonyl (C=S) groups is 1. The quantitative estimate of drug-likeness (QED) is 0.124. The molecule has 0 saturated carbocycles. The summed E-state index contributed by atoms with van der Waals surface area (Å²) in [6, 6.07) is 16.7. The maximum absolute atomic E-state index is 13.7. The highest BCUT2D eigenvalue weighted by atomic mass is 32.2. The molecule has 0 spiro atoms. The number of hydrogen-bond donors (Lipinski definition) is 0. The molecule has 2 saturated heterocycles. The van der Waals surface area contributed by atoms with Crippen molar-refractivity contribution in [1.29, 1.82) is 0 Å². The lowest BCUT2D eigenvalue weighted by Crippen LogP contribution is -2.42. The Morgan fingerprint density at radius 1 is 1.00 bits per heavy atom. The van der Waals surface area contributed by atoms with Crippen LogP contribution in [0.2, 0.25) is 0 Å². The monoisotopic (exact) mass is 636 g/mol. The van der Waals surface area contributed by atoms with Crippen LogP contribution in [0.5, 0.6) is 0 Å². The van der Waals surface area contributed by atoms with Crippen LogP contribution in [0.3, 0.4) is 0 Å². The summed E-state index contributed by atoms with van der Waals surface area (Å²) in [5, 5.41) is 4.89. The molecule has 7 nitrogen and oxygen atoms in total. The van der Waals surface area contributed by atoms with Crippen molar-refractivity contribution in [3.8, 4) is 16.9 Å². The van der Waals surface area contributed by atoms with Crippen LogP contribution in [0.25, 0.3) is 23.0 Å². The number of carbonyl (C=O) groups is 1. The summed E-state index contributed by atoms with van der Waals surface area (Å²) in [5.74, 6) is 0.531. The molecule has 2 aromatic carbocycles. The van der Waals surface area contributed by atoms with E-state index in [1.807, 2.05) is 48.7 Å². The first-order chi connectivity index (χ1) is 20.7. The van der Waals surface area contributed by atoms with Crippen LogP contribution >= 0.6 is 24.0 Å². The molecular weight excluding hydrogens is 597 g/mol. The lowest BCUT2D eigenvalue weighted by molar-refractivity contribution is -0.122. The second-order valence-corrected chi connectivity index (χ2v) is 15.4. The first kappa shape index (κ1) is 31.6. The van der Waals surface area contributed by atoms with Gasteiger partial charge in [0.05, 0.1) is 15.5 Å². The van der Waals surface area contributed by atoms with Gasteiger partial charge in [-0.3, -0.25) is 9.69 Å². The van der Waals surface area contributed by atoms with Gasteiger partial charge in [-0.2, -0.15) is 9.40 Å². The molecule has 1 aromatic heterocycles. The van der Waals surface area contributed by atoms with Gasteiger partial charge in [0.15, 0.2) is 0 Å². The Kier molecular flexibility index (Phi) is 10.2. The van der Waals surface area contributed by atoms with Crippen LogP contribution in [0.15, 0.2) is 70.6 Å². The van der Waals surface area contributed by atoms with Gasteiger partial charge in [-0.05, 0) is 55.0 Å². The number of piperidine rings is 1. The van der Waals surface area contributed by atoms with Gasteiger partial charge in [0.25, 0.3) is 5.91 Å². The number of unbranched alkanes of at least 4 members (excludes halogenated alkanes) is 4. The van der Waals surface area contributed by atoms with E-state index in [4.69, 9.17) is 17.3 Å². The average molecular weight is 637 g/mol. The lowest BCUT2D eigenvalue weighted by atomic mass is 9.94. The largest absolute Gasteiger partial charge is 0.293 e. The van der Waals surface area contributed by atoms with E-state index < -0.39 is 10.0 Å². The van der Waals surface area contributed by atoms with Crippen LogP contribution in [-0.2, 0) is 14.8 Å². The highest BCUT2D eigenvalue weighted by Crippen LogP contribution is 2.36. The zero-order valence-corrected chi connectivity index (χ0v) is 27.6. The van der Waals surface area contributed by atoms with Gasteiger partial charge in [-0.1, -0.05) is 101 Å². The van der Waals surface area contributed by atoms with Gasteiger partial charge >= 0.3 is 0 Å². The number of nitrogens with zero attached hydrogens (tertiary/aromatic N) is 4. The fourth-order valence-electron chi connectivity index (χ4n) is 5.89. The molecule has 2 fully saturated rings. The molecule has 3 aromatic rings. The lowest BCUT2D eigenvalue weighted by Gasteiger charge is -2.34. The molecule has 5 rings (SSSR count). The van der Waals surface area contributed by atoms with Crippen molar-refractivity contribution in [3.05, 3.63) is 71.3 Å². The molecular formula is C33H40N4O3S3. The summed E-state index contributed by atoms with van der Waals surface area (Å²) < 4.78 is 31.4. The number of thioether (sulfide) groups is 1. The summed E-state index contributed by atoms with van der Waals surface area (Å²) in [5.41, 5.74) is 2.86. The van der Waals surface area contributed by atoms with Crippen molar-refractivity contribution in [2.24, 2.45) is 11.8 Å². The minimum Gasteiger partial charge on any atom is -0.293 e. The Morgan fingerprint density at radius 2 is 1.72 bits per heavy atom. The molecule has 228 valence electrons. The van der Waals surface area contributed by atoms with Crippen LogP contribution in [0, 0.1) is 11.8 Å². The van der Waals surface area contributed by atoms with Crippen LogP contribution in [0.4, 0.5) is 0 Å². The van der Waals surface area contributed by atoms with E-state index in [-0.39, 0.29) is 10.8 Å². The van der Waals surface area contributed by atoms with E-state index in [0.717, 1.165) is 36.9 Å². The third-order valence-electron chi connectivity index (χ3n) is 7.99. The van der Waals surface area contributed by atoms with Crippen molar-refractivity contribution in [1.82, 2.24) is 19.0 Å². The molecule has 10 heteroatoms. The summed E-state index contributed by atoms with van der Waals surface area (Å²) in [6.07, 6.45) is 10.3. The average Bonchev–Trinajstić information content (AvgIpc) is 3.53. The minimum atomic E-state index is -3.68. The number of carbonyl (C=O) groups excluding carboxylic acids is 1. The normalized spacial score (nSPS) is 20.8. The first-order valence-electron chi connectivity index (χ1n) is 15.2. The highest BCUT2D eigenvalue weighted by Gasteiger charge is 2.33. The first-order valence-corrected chi connectivity index (χ1v) is 17.8. The number of rotatable bonds is 11. The van der Waals surface area contributed by atoms with Crippen molar-refractivity contribution >= 4 is 50.3 Å². The number of amides is 1. The Morgan fingerprint density at radius 3 is 2.44 bits per heavy atom. The fraction of sp³-hybridized carbons (Fsp3) is 0.424. The summed E-state index contributed by atoms with van der Waals surface area (Å²) in [6.45, 7) is 8.05. The van der Waals surface area contributed by atoms with Gasteiger partial charge < -0.3 is 0 Å². The van der Waals surface area contributed by atoms with Gasteiger partial charge in [-0.15, -0.1) is 0 Å². The van der Waals surface area contributed by atoms with Crippen molar-refractivity contribution in [2.75, 3.05) is 19.6 Å². The standard InChI is InChI=1S/C33H40N4O3S3/c1-4-5-6-7-11-17-36-32(38)30(42-33(36)41)20-27-23-37(28-14-9-8-10-15-28)34-31(27)26-13-12-16-29(19-26)43(39,40)35-21-24(2)18-25(3)22-35/h8-10,12-16,19-20,23-25H,4-7,11,17-18,21-22H2,1-3H3. The summed E-state index contributed by atoms with van der Waals surface area (Å²) in [4.78, 5) is 15.9. The van der Waals surface area contributed by atoms with Gasteiger partial charge in [0, 0.05) is 37.0 Å².